The highest BCUT2D eigenvalue weighted by Gasteiger charge is 2.26. The Morgan fingerprint density at radius 1 is 1.35 bits per heavy atom. The standard InChI is InChI=1S/C13H25NO3/c1-5-6-7-10(2)11(15)14-9-8-13(3,4)12(16)17/h10H,5-9H2,1-4H3,(H,14,15)(H,16,17). The number of carbonyl (C=O) groups excluding carboxylic acids is 1. The summed E-state index contributed by atoms with van der Waals surface area (Å²) in [5.41, 5.74) is -0.778. The van der Waals surface area contributed by atoms with Gasteiger partial charge in [-0.25, -0.2) is 0 Å². The van der Waals surface area contributed by atoms with Gasteiger partial charge in [0.1, 0.15) is 0 Å². The molecule has 0 saturated heterocycles. The first-order valence-corrected chi connectivity index (χ1v) is 6.32. The monoisotopic (exact) mass is 243 g/mol. The van der Waals surface area contributed by atoms with Crippen LogP contribution < -0.4 is 5.32 Å². The Balaban J connectivity index is 3.89. The molecule has 17 heavy (non-hydrogen) atoms. The largest absolute Gasteiger partial charge is 0.481 e. The molecule has 0 fully saturated rings. The summed E-state index contributed by atoms with van der Waals surface area (Å²) in [6.07, 6.45) is 3.48. The van der Waals surface area contributed by atoms with Gasteiger partial charge in [-0.2, -0.15) is 0 Å². The molecule has 0 bridgehead atoms. The number of carboxylic acid groups (broad SMARTS) is 1. The SMILES string of the molecule is CCCCC(C)C(=O)NCCC(C)(C)C(=O)O. The molecule has 2 N–H and O–H groups in total. The molecule has 0 saturated carbocycles. The maximum absolute atomic E-state index is 11.6. The van der Waals surface area contributed by atoms with Crippen LogP contribution >= 0.6 is 0 Å². The molecule has 0 heterocycles. The summed E-state index contributed by atoms with van der Waals surface area (Å²) < 4.78 is 0. The molecule has 0 spiro atoms. The minimum atomic E-state index is -0.828. The molecule has 1 unspecified atom stereocenters. The first-order valence-electron chi connectivity index (χ1n) is 6.32. The third-order valence-corrected chi connectivity index (χ3v) is 3.07. The molecule has 0 aliphatic heterocycles. The van der Waals surface area contributed by atoms with Crippen LogP contribution in [0.25, 0.3) is 0 Å². The maximum atomic E-state index is 11.6. The van der Waals surface area contributed by atoms with Gasteiger partial charge >= 0.3 is 5.97 Å². The minimum absolute atomic E-state index is 0.0166. The Labute approximate surface area is 104 Å². The summed E-state index contributed by atoms with van der Waals surface area (Å²) in [5, 5.41) is 11.7. The van der Waals surface area contributed by atoms with E-state index in [1.165, 1.54) is 0 Å². The van der Waals surface area contributed by atoms with Gasteiger partial charge in [-0.1, -0.05) is 26.7 Å². The molecule has 0 aromatic carbocycles. The lowest BCUT2D eigenvalue weighted by atomic mass is 9.89. The Bertz CT molecular complexity index is 261. The zero-order valence-electron chi connectivity index (χ0n) is 11.4. The van der Waals surface area contributed by atoms with Crippen molar-refractivity contribution < 1.29 is 14.7 Å². The van der Waals surface area contributed by atoms with E-state index in [9.17, 15) is 9.59 Å². The third-order valence-electron chi connectivity index (χ3n) is 3.07. The number of rotatable bonds is 8. The fourth-order valence-corrected chi connectivity index (χ4v) is 1.42. The molecule has 4 nitrogen and oxygen atoms in total. The van der Waals surface area contributed by atoms with Gasteiger partial charge in [-0.05, 0) is 26.7 Å². The van der Waals surface area contributed by atoms with E-state index < -0.39 is 11.4 Å². The highest BCUT2D eigenvalue weighted by atomic mass is 16.4. The summed E-state index contributed by atoms with van der Waals surface area (Å²) in [5.74, 6) is -0.784. The number of carbonyl (C=O) groups is 2. The fourth-order valence-electron chi connectivity index (χ4n) is 1.42. The fraction of sp³-hybridized carbons (Fsp3) is 0.846. The second-order valence-corrected chi connectivity index (χ2v) is 5.27. The van der Waals surface area contributed by atoms with Crippen LogP contribution in [0, 0.1) is 11.3 Å². The number of hydrogen-bond acceptors (Lipinski definition) is 2. The highest BCUT2D eigenvalue weighted by Crippen LogP contribution is 2.19. The molecule has 0 radical (unpaired) electrons. The van der Waals surface area contributed by atoms with Gasteiger partial charge in [0.2, 0.25) is 5.91 Å². The minimum Gasteiger partial charge on any atom is -0.481 e. The normalized spacial score (nSPS) is 13.2. The van der Waals surface area contributed by atoms with E-state index in [0.717, 1.165) is 19.3 Å². The molecule has 0 rings (SSSR count). The average molecular weight is 243 g/mol. The second kappa shape index (κ2) is 7.30. The molecule has 0 aliphatic rings. The molecular weight excluding hydrogens is 218 g/mol. The van der Waals surface area contributed by atoms with E-state index in [-0.39, 0.29) is 11.8 Å². The molecule has 1 amide bonds. The van der Waals surface area contributed by atoms with Gasteiger partial charge in [0, 0.05) is 12.5 Å². The lowest BCUT2D eigenvalue weighted by Crippen LogP contribution is -2.34. The summed E-state index contributed by atoms with van der Waals surface area (Å²) in [6, 6.07) is 0. The van der Waals surface area contributed by atoms with Crippen LogP contribution in [0.2, 0.25) is 0 Å². The first-order chi connectivity index (χ1) is 7.81. The highest BCUT2D eigenvalue weighted by molar-refractivity contribution is 5.78. The van der Waals surface area contributed by atoms with E-state index in [1.807, 2.05) is 6.92 Å². The molecule has 0 aromatic heterocycles. The summed E-state index contributed by atoms with van der Waals surface area (Å²) in [7, 11) is 0. The first kappa shape index (κ1) is 15.9. The van der Waals surface area contributed by atoms with E-state index in [0.29, 0.717) is 13.0 Å². The van der Waals surface area contributed by atoms with Crippen molar-refractivity contribution in [3.05, 3.63) is 0 Å². The van der Waals surface area contributed by atoms with Crippen LogP contribution in [0.15, 0.2) is 0 Å². The number of nitrogens with one attached hydrogen (secondary N) is 1. The Morgan fingerprint density at radius 2 is 1.94 bits per heavy atom. The lowest BCUT2D eigenvalue weighted by Gasteiger charge is -2.19. The molecule has 100 valence electrons. The third kappa shape index (κ3) is 6.29. The summed E-state index contributed by atoms with van der Waals surface area (Å²) in [6.45, 7) is 7.77. The van der Waals surface area contributed by atoms with Gasteiger partial charge in [0.25, 0.3) is 0 Å². The molecule has 1 atom stereocenters. The number of aliphatic carboxylic acids is 1. The second-order valence-electron chi connectivity index (χ2n) is 5.27. The van der Waals surface area contributed by atoms with Gasteiger partial charge in [0.05, 0.1) is 5.41 Å². The molecule has 0 aromatic rings. The van der Waals surface area contributed by atoms with Crippen molar-refractivity contribution in [2.75, 3.05) is 6.54 Å². The van der Waals surface area contributed by atoms with E-state index in [1.54, 1.807) is 13.8 Å². The van der Waals surface area contributed by atoms with Crippen LogP contribution in [0.5, 0.6) is 0 Å². The quantitative estimate of drug-likeness (QED) is 0.688. The van der Waals surface area contributed by atoms with Crippen molar-refractivity contribution in [3.8, 4) is 0 Å². The van der Waals surface area contributed by atoms with E-state index in [2.05, 4.69) is 12.2 Å². The van der Waals surface area contributed by atoms with Gasteiger partial charge in [-0.15, -0.1) is 0 Å². The zero-order chi connectivity index (χ0) is 13.5. The lowest BCUT2D eigenvalue weighted by molar-refractivity contribution is -0.147. The Morgan fingerprint density at radius 3 is 2.41 bits per heavy atom. The maximum Gasteiger partial charge on any atom is 0.309 e. The predicted molar refractivity (Wildman–Crippen MR) is 67.7 cm³/mol. The van der Waals surface area contributed by atoms with Crippen molar-refractivity contribution in [2.45, 2.75) is 53.4 Å². The van der Waals surface area contributed by atoms with Gasteiger partial charge in [-0.3, -0.25) is 9.59 Å². The van der Waals surface area contributed by atoms with Crippen molar-refractivity contribution in [1.29, 1.82) is 0 Å². The average Bonchev–Trinajstić information content (AvgIpc) is 2.25. The summed E-state index contributed by atoms with van der Waals surface area (Å²) >= 11 is 0. The van der Waals surface area contributed by atoms with Crippen LogP contribution in [0.3, 0.4) is 0 Å². The van der Waals surface area contributed by atoms with Gasteiger partial charge in [0.15, 0.2) is 0 Å². The van der Waals surface area contributed by atoms with Crippen LogP contribution in [-0.4, -0.2) is 23.5 Å². The summed E-state index contributed by atoms with van der Waals surface area (Å²) in [4.78, 5) is 22.5. The zero-order valence-corrected chi connectivity index (χ0v) is 11.4. The number of unbranched alkanes of at least 4 members (excludes halogenated alkanes) is 1. The molecule has 4 heteroatoms. The number of hydrogen-bond donors (Lipinski definition) is 2. The smallest absolute Gasteiger partial charge is 0.309 e. The Hall–Kier alpha value is -1.06. The van der Waals surface area contributed by atoms with Crippen LogP contribution in [0.4, 0.5) is 0 Å². The van der Waals surface area contributed by atoms with Gasteiger partial charge < -0.3 is 10.4 Å². The van der Waals surface area contributed by atoms with Crippen molar-refractivity contribution in [2.24, 2.45) is 11.3 Å². The van der Waals surface area contributed by atoms with Crippen LogP contribution in [0.1, 0.15) is 53.4 Å². The topological polar surface area (TPSA) is 66.4 Å². The van der Waals surface area contributed by atoms with Crippen LogP contribution in [-0.2, 0) is 9.59 Å². The van der Waals surface area contributed by atoms with Crippen molar-refractivity contribution >= 4 is 11.9 Å². The predicted octanol–water partition coefficient (Wildman–Crippen LogP) is 2.43. The van der Waals surface area contributed by atoms with E-state index >= 15 is 0 Å². The van der Waals surface area contributed by atoms with Crippen molar-refractivity contribution in [1.82, 2.24) is 5.32 Å². The number of carboxylic acids is 1. The molecule has 0 aliphatic carbocycles. The van der Waals surface area contributed by atoms with E-state index in [4.69, 9.17) is 5.11 Å². The number of amides is 1. The molecular formula is C13H25NO3. The Kier molecular flexibility index (Phi) is 6.85. The van der Waals surface area contributed by atoms with Crippen molar-refractivity contribution in [3.63, 3.8) is 0 Å².